The maximum absolute atomic E-state index is 10.8. The number of rotatable bonds is 5. The summed E-state index contributed by atoms with van der Waals surface area (Å²) < 4.78 is 0. The molecule has 150 valence electrons. The van der Waals surface area contributed by atoms with Crippen LogP contribution in [0.3, 0.4) is 0 Å². The lowest BCUT2D eigenvalue weighted by molar-refractivity contribution is 0.112. The second-order valence-electron chi connectivity index (χ2n) is 8.32. The number of nitrogens with one attached hydrogen (secondary N) is 2. The van der Waals surface area contributed by atoms with Crippen molar-refractivity contribution in [1.29, 1.82) is 0 Å². The molecule has 1 aliphatic carbocycles. The van der Waals surface area contributed by atoms with Gasteiger partial charge in [0.1, 0.15) is 11.6 Å². The van der Waals surface area contributed by atoms with E-state index in [-0.39, 0.29) is 11.5 Å². The largest absolute Gasteiger partial charge is 0.371 e. The standard InChI is InChI=1S/C22H26N6O/c1-28-14-16(13-22(9-10-22)17-8-5-11-23-20(17)28)24-21(29)19-25-18(26-27-19)12-15-6-3-2-4-7-15/h2-8,11,16,21,24,29H,9-10,12-14H2,1H3,(H,25,26,27)/t16-,21?/m1/s1. The minimum Gasteiger partial charge on any atom is -0.371 e. The van der Waals surface area contributed by atoms with Gasteiger partial charge < -0.3 is 15.0 Å². The third kappa shape index (κ3) is 3.63. The predicted molar refractivity (Wildman–Crippen MR) is 111 cm³/mol. The van der Waals surface area contributed by atoms with Crippen LogP contribution < -0.4 is 10.2 Å². The number of hydrogen-bond donors (Lipinski definition) is 3. The van der Waals surface area contributed by atoms with Crippen molar-refractivity contribution >= 4 is 5.82 Å². The van der Waals surface area contributed by atoms with Crippen LogP contribution in [0.4, 0.5) is 5.82 Å². The highest BCUT2D eigenvalue weighted by Crippen LogP contribution is 2.55. The number of pyridine rings is 1. The third-order valence-electron chi connectivity index (χ3n) is 6.12. The minimum absolute atomic E-state index is 0.134. The number of anilines is 1. The summed E-state index contributed by atoms with van der Waals surface area (Å²) >= 11 is 0. The molecule has 0 amide bonds. The lowest BCUT2D eigenvalue weighted by Gasteiger charge is -2.25. The molecule has 7 nitrogen and oxygen atoms in total. The van der Waals surface area contributed by atoms with Gasteiger partial charge in [0.15, 0.2) is 12.1 Å². The number of fused-ring (bicyclic) bond motifs is 2. The topological polar surface area (TPSA) is 90.0 Å². The van der Waals surface area contributed by atoms with Gasteiger partial charge in [-0.2, -0.15) is 0 Å². The Morgan fingerprint density at radius 3 is 2.83 bits per heavy atom. The van der Waals surface area contributed by atoms with Crippen molar-refractivity contribution in [2.75, 3.05) is 18.5 Å². The van der Waals surface area contributed by atoms with Crippen molar-refractivity contribution in [3.63, 3.8) is 0 Å². The molecule has 3 heterocycles. The number of H-pyrrole nitrogens is 1. The number of likely N-dealkylation sites (N-methyl/N-ethyl adjacent to an activating group) is 1. The summed E-state index contributed by atoms with van der Waals surface area (Å²) in [5, 5.41) is 22.5. The highest BCUT2D eigenvalue weighted by Gasteiger charge is 2.49. The van der Waals surface area contributed by atoms with Crippen LogP contribution in [0.15, 0.2) is 48.7 Å². The highest BCUT2D eigenvalue weighted by molar-refractivity contribution is 5.54. The number of aliphatic hydroxyl groups is 1. The zero-order chi connectivity index (χ0) is 19.8. The molecule has 2 aliphatic rings. The Balaban J connectivity index is 1.29. The zero-order valence-corrected chi connectivity index (χ0v) is 16.5. The van der Waals surface area contributed by atoms with Crippen LogP contribution in [0.2, 0.25) is 0 Å². The smallest absolute Gasteiger partial charge is 0.174 e. The van der Waals surface area contributed by atoms with Crippen molar-refractivity contribution in [3.8, 4) is 0 Å². The van der Waals surface area contributed by atoms with Crippen LogP contribution >= 0.6 is 0 Å². The molecule has 1 saturated carbocycles. The molecule has 0 bridgehead atoms. The Bertz CT molecular complexity index is 984. The number of aromatic amines is 1. The van der Waals surface area contributed by atoms with E-state index in [4.69, 9.17) is 0 Å². The van der Waals surface area contributed by atoms with Gasteiger partial charge >= 0.3 is 0 Å². The van der Waals surface area contributed by atoms with Crippen molar-refractivity contribution in [1.82, 2.24) is 25.5 Å². The first-order valence-electron chi connectivity index (χ1n) is 10.2. The molecule has 29 heavy (non-hydrogen) atoms. The molecule has 1 unspecified atom stereocenters. The molecule has 1 fully saturated rings. The summed E-state index contributed by atoms with van der Waals surface area (Å²) in [5.41, 5.74) is 2.68. The van der Waals surface area contributed by atoms with Crippen LogP contribution in [-0.2, 0) is 11.8 Å². The molecule has 2 atom stereocenters. The molecule has 0 radical (unpaired) electrons. The first-order chi connectivity index (χ1) is 14.1. The van der Waals surface area contributed by atoms with E-state index in [0.717, 1.165) is 30.2 Å². The van der Waals surface area contributed by atoms with Gasteiger partial charge in [0, 0.05) is 43.2 Å². The number of hydrogen-bond acceptors (Lipinski definition) is 6. The van der Waals surface area contributed by atoms with E-state index in [1.54, 1.807) is 0 Å². The first kappa shape index (κ1) is 18.3. The molecule has 1 aromatic carbocycles. The quantitative estimate of drug-likeness (QED) is 0.579. The Morgan fingerprint density at radius 1 is 1.21 bits per heavy atom. The van der Waals surface area contributed by atoms with Crippen molar-refractivity contribution < 1.29 is 5.11 Å². The van der Waals surface area contributed by atoms with Gasteiger partial charge in [0.2, 0.25) is 0 Å². The lowest BCUT2D eigenvalue weighted by Crippen LogP contribution is -2.42. The monoisotopic (exact) mass is 390 g/mol. The van der Waals surface area contributed by atoms with Gasteiger partial charge in [-0.1, -0.05) is 36.4 Å². The van der Waals surface area contributed by atoms with Crippen LogP contribution in [0.1, 0.15) is 48.3 Å². The van der Waals surface area contributed by atoms with Gasteiger partial charge in [-0.15, -0.1) is 10.2 Å². The Kier molecular flexibility index (Phi) is 4.56. The summed E-state index contributed by atoms with van der Waals surface area (Å²) in [6.45, 7) is 0.786. The summed E-state index contributed by atoms with van der Waals surface area (Å²) in [5.74, 6) is 2.28. The van der Waals surface area contributed by atoms with Crippen LogP contribution in [0.5, 0.6) is 0 Å². The number of aliphatic hydroxyl groups excluding tert-OH is 1. The van der Waals surface area contributed by atoms with Crippen LogP contribution in [-0.4, -0.2) is 44.9 Å². The Labute approximate surface area is 170 Å². The molecule has 5 rings (SSSR count). The molecule has 1 aliphatic heterocycles. The molecule has 1 spiro atoms. The molecule has 2 aromatic heterocycles. The molecule has 3 N–H and O–H groups in total. The summed E-state index contributed by atoms with van der Waals surface area (Å²) in [6.07, 6.45) is 4.98. The van der Waals surface area contributed by atoms with Gasteiger partial charge in [-0.3, -0.25) is 5.32 Å². The molecular weight excluding hydrogens is 364 g/mol. The van der Waals surface area contributed by atoms with Gasteiger partial charge in [0.25, 0.3) is 0 Å². The maximum Gasteiger partial charge on any atom is 0.174 e. The molecule has 7 heteroatoms. The van der Waals surface area contributed by atoms with Crippen molar-refractivity contribution in [2.45, 2.75) is 43.4 Å². The van der Waals surface area contributed by atoms with Crippen molar-refractivity contribution in [2.24, 2.45) is 0 Å². The summed E-state index contributed by atoms with van der Waals surface area (Å²) in [6, 6.07) is 14.5. The fourth-order valence-electron chi connectivity index (χ4n) is 4.52. The van der Waals surface area contributed by atoms with Gasteiger partial charge in [-0.05, 0) is 30.9 Å². The Hall–Kier alpha value is -2.77. The average Bonchev–Trinajstić information content (AvgIpc) is 3.38. The SMILES string of the molecule is CN1C[C@H](NC(O)c2nnc(Cc3ccccc3)[nH]2)CC2(CC2)c2cccnc21. The predicted octanol–water partition coefficient (Wildman–Crippen LogP) is 2.31. The maximum atomic E-state index is 10.8. The second kappa shape index (κ2) is 7.24. The van der Waals surface area contributed by atoms with Gasteiger partial charge in [0.05, 0.1) is 0 Å². The number of nitrogens with zero attached hydrogens (tertiary/aromatic N) is 4. The van der Waals surface area contributed by atoms with E-state index >= 15 is 0 Å². The molecule has 0 saturated heterocycles. The third-order valence-corrected chi connectivity index (χ3v) is 6.12. The normalized spacial score (nSPS) is 20.9. The lowest BCUT2D eigenvalue weighted by atomic mass is 9.90. The van der Waals surface area contributed by atoms with Gasteiger partial charge in [-0.25, -0.2) is 4.98 Å². The van der Waals surface area contributed by atoms with E-state index in [2.05, 4.69) is 55.6 Å². The van der Waals surface area contributed by atoms with E-state index in [1.807, 2.05) is 30.5 Å². The fourth-order valence-corrected chi connectivity index (χ4v) is 4.52. The first-order valence-corrected chi connectivity index (χ1v) is 10.2. The minimum atomic E-state index is -0.879. The van der Waals surface area contributed by atoms with Crippen LogP contribution in [0, 0.1) is 0 Å². The Morgan fingerprint density at radius 2 is 2.03 bits per heavy atom. The highest BCUT2D eigenvalue weighted by atomic mass is 16.3. The number of benzene rings is 1. The van der Waals surface area contributed by atoms with E-state index in [1.165, 1.54) is 18.4 Å². The summed E-state index contributed by atoms with van der Waals surface area (Å²) in [4.78, 5) is 9.98. The zero-order valence-electron chi connectivity index (χ0n) is 16.5. The summed E-state index contributed by atoms with van der Waals surface area (Å²) in [7, 11) is 2.07. The van der Waals surface area contributed by atoms with E-state index < -0.39 is 6.23 Å². The van der Waals surface area contributed by atoms with E-state index in [0.29, 0.717) is 12.2 Å². The van der Waals surface area contributed by atoms with Crippen LogP contribution in [0.25, 0.3) is 0 Å². The average molecular weight is 390 g/mol. The molecular formula is C22H26N6O. The number of aromatic nitrogens is 4. The second-order valence-corrected chi connectivity index (χ2v) is 8.32. The fraction of sp³-hybridized carbons (Fsp3) is 0.409. The van der Waals surface area contributed by atoms with E-state index in [9.17, 15) is 5.11 Å². The van der Waals surface area contributed by atoms with Crippen molar-refractivity contribution in [3.05, 3.63) is 71.4 Å². The molecule has 3 aromatic rings.